The Morgan fingerprint density at radius 2 is 2.17 bits per heavy atom. The third-order valence-corrected chi connectivity index (χ3v) is 0.691. The van der Waals surface area contributed by atoms with Crippen molar-refractivity contribution in [3.05, 3.63) is 10.8 Å². The molecule has 0 aromatic carbocycles. The van der Waals surface area contributed by atoms with Crippen LogP contribution in [0.3, 0.4) is 0 Å². The van der Waals surface area contributed by atoms with Gasteiger partial charge in [0.1, 0.15) is 0 Å². The Labute approximate surface area is 57.8 Å². The normalized spacial score (nSPS) is 10.7. The predicted molar refractivity (Wildman–Crippen MR) is 30.1 cm³/mol. The summed E-state index contributed by atoms with van der Waals surface area (Å²) in [5.74, 6) is 0. The van der Waals surface area contributed by atoms with E-state index in [1.807, 2.05) is 0 Å². The summed E-state index contributed by atoms with van der Waals surface area (Å²) in [6.07, 6.45) is 3.41. The second kappa shape index (κ2) is 5.93. The second-order valence-electron chi connectivity index (χ2n) is 1.36. The Bertz CT molecular complexity index is 40.8. The number of hydrogen-bond donors (Lipinski definition) is 0. The summed E-state index contributed by atoms with van der Waals surface area (Å²) in [4.78, 5) is 0. The van der Waals surface area contributed by atoms with Crippen molar-refractivity contribution < 1.29 is 0 Å². The monoisotopic (exact) mass is 68.1 g/mol. The van der Waals surface area contributed by atoms with Gasteiger partial charge in [0.15, 0.2) is 0 Å². The summed E-state index contributed by atoms with van der Waals surface area (Å²) in [7, 11) is 0. The van der Waals surface area contributed by atoms with Crippen LogP contribution in [0.4, 0.5) is 0 Å². The van der Waals surface area contributed by atoms with Crippen molar-refractivity contribution >= 4 is 35.4 Å². The van der Waals surface area contributed by atoms with E-state index >= 15 is 0 Å². The fourth-order valence-electron chi connectivity index (χ4n) is 0.333. The summed E-state index contributed by atoms with van der Waals surface area (Å²) < 4.78 is 2.09. The van der Waals surface area contributed by atoms with Crippen LogP contribution in [0.5, 0.6) is 0 Å². The molecule has 0 atom stereocenters. The van der Waals surface area contributed by atoms with Gasteiger partial charge in [0.25, 0.3) is 0 Å². The van der Waals surface area contributed by atoms with Crippen molar-refractivity contribution in [1.29, 1.82) is 0 Å². The van der Waals surface area contributed by atoms with Crippen molar-refractivity contribution in [3.8, 4) is 0 Å². The van der Waals surface area contributed by atoms with E-state index in [1.165, 1.54) is 11.5 Å². The van der Waals surface area contributed by atoms with E-state index in [9.17, 15) is 0 Å². The minimum absolute atomic E-state index is 1.23. The van der Waals surface area contributed by atoms with E-state index in [0.29, 0.717) is 0 Å². The maximum absolute atomic E-state index is 2.18. The third kappa shape index (κ3) is 4.93. The van der Waals surface area contributed by atoms with Gasteiger partial charge in [-0.05, 0) is 0 Å². The van der Waals surface area contributed by atoms with Gasteiger partial charge < -0.3 is 0 Å². The first-order valence-corrected chi connectivity index (χ1v) is 2.53. The molecule has 0 aromatic rings. The first-order chi connectivity index (χ1) is 2.91. The van der Waals surface area contributed by atoms with E-state index in [0.717, 1.165) is 0 Å². The number of rotatable bonds is 2. The molecule has 0 aliphatic heterocycles. The van der Waals surface area contributed by atoms with Gasteiger partial charge in [-0.25, -0.2) is 0 Å². The Balaban J connectivity index is 2.66. The molecule has 0 rings (SSSR count). The molecule has 24 valence electrons. The van der Waals surface area contributed by atoms with Gasteiger partial charge in [-0.2, -0.15) is 0 Å². The standard InChI is InChI=1S/C4H6.2Li/c1-3-4-2;;/h1,3H,2,4H2;;. The second-order valence-corrected chi connectivity index (χ2v) is 1.36. The van der Waals surface area contributed by atoms with Gasteiger partial charge in [0.05, 0.1) is 0 Å². The Kier molecular flexibility index (Phi) is 6.86. The van der Waals surface area contributed by atoms with Crippen LogP contribution in [-0.2, 0) is 0 Å². The van der Waals surface area contributed by atoms with E-state index in [1.54, 1.807) is 0 Å². The fourth-order valence-corrected chi connectivity index (χ4v) is 0.333. The summed E-state index contributed by atoms with van der Waals surface area (Å²) in [5.41, 5.74) is 0. The SMILES string of the molecule is [Li][CH]=CC[CH2][Li]. The van der Waals surface area contributed by atoms with Crippen LogP contribution >= 0.6 is 0 Å². The van der Waals surface area contributed by atoms with Crippen molar-refractivity contribution in [2.45, 2.75) is 11.5 Å². The van der Waals surface area contributed by atoms with Gasteiger partial charge in [-0.1, -0.05) is 0 Å². The van der Waals surface area contributed by atoms with Gasteiger partial charge in [0.2, 0.25) is 0 Å². The van der Waals surface area contributed by atoms with E-state index in [-0.39, 0.29) is 0 Å². The first kappa shape index (κ1) is 6.93. The molecule has 0 radical (unpaired) electrons. The average Bonchev–Trinajstić information content (AvgIpc) is 1.61. The van der Waals surface area contributed by atoms with Crippen molar-refractivity contribution in [1.82, 2.24) is 0 Å². The molecular weight excluding hydrogens is 61.9 g/mol. The summed E-state index contributed by atoms with van der Waals surface area (Å²) in [5, 5.41) is 1.27. The third-order valence-electron chi connectivity index (χ3n) is 0.691. The van der Waals surface area contributed by atoms with Crippen LogP contribution in [0.1, 0.15) is 6.42 Å². The zero-order valence-corrected chi connectivity index (χ0v) is 4.57. The molecule has 0 nitrogen and oxygen atoms in total. The van der Waals surface area contributed by atoms with Crippen LogP contribution in [0.2, 0.25) is 5.09 Å². The van der Waals surface area contributed by atoms with Crippen molar-refractivity contribution in [3.63, 3.8) is 0 Å². The van der Waals surface area contributed by atoms with Gasteiger partial charge in [-0.3, -0.25) is 0 Å². The van der Waals surface area contributed by atoms with Crippen LogP contribution in [0, 0.1) is 0 Å². The molecule has 0 aliphatic carbocycles. The fraction of sp³-hybridized carbons (Fsp3) is 0.500. The number of allylic oxidation sites excluding steroid dienone is 1. The molecule has 2 heteroatoms. The molecule has 0 heterocycles. The molecule has 0 saturated carbocycles. The molecule has 0 amide bonds. The van der Waals surface area contributed by atoms with Gasteiger partial charge >= 0.3 is 57.8 Å². The molecule has 0 unspecified atom stereocenters. The van der Waals surface area contributed by atoms with Gasteiger partial charge in [-0.15, -0.1) is 0 Å². The molecule has 0 N–H and O–H groups in total. The average molecular weight is 68.0 g/mol. The van der Waals surface area contributed by atoms with E-state index in [4.69, 9.17) is 0 Å². The summed E-state index contributed by atoms with van der Waals surface area (Å²) in [6, 6.07) is 0. The topological polar surface area (TPSA) is 0 Å². The summed E-state index contributed by atoms with van der Waals surface area (Å²) in [6.45, 7) is 0. The van der Waals surface area contributed by atoms with E-state index in [2.05, 4.69) is 46.3 Å². The number of hydrogen-bond acceptors (Lipinski definition) is 0. The van der Waals surface area contributed by atoms with Crippen LogP contribution in [0.15, 0.2) is 10.8 Å². The molecule has 0 bridgehead atoms. The Morgan fingerprint density at radius 1 is 1.50 bits per heavy atom. The Morgan fingerprint density at radius 3 is 2.33 bits per heavy atom. The van der Waals surface area contributed by atoms with Crippen molar-refractivity contribution in [2.24, 2.45) is 0 Å². The molecule has 0 aliphatic rings. The molecule has 0 spiro atoms. The molecule has 0 fully saturated rings. The maximum atomic E-state index is 2.18. The minimum atomic E-state index is 1.23. The van der Waals surface area contributed by atoms with Crippen LogP contribution < -0.4 is 0 Å². The van der Waals surface area contributed by atoms with Crippen LogP contribution in [-0.4, -0.2) is 35.4 Å². The predicted octanol–water partition coefficient (Wildman–Crippen LogP) is 0.645. The molecule has 0 aromatic heterocycles. The van der Waals surface area contributed by atoms with Crippen LogP contribution in [0.25, 0.3) is 0 Å². The Hall–Kier alpha value is 0.935. The quantitative estimate of drug-likeness (QED) is 0.416. The van der Waals surface area contributed by atoms with Crippen molar-refractivity contribution in [2.75, 3.05) is 0 Å². The zero-order valence-electron chi connectivity index (χ0n) is 4.57. The molecular formula is C4H6Li2. The zero-order chi connectivity index (χ0) is 4.83. The van der Waals surface area contributed by atoms with E-state index < -0.39 is 0 Å². The first-order valence-electron chi connectivity index (χ1n) is 2.53. The summed E-state index contributed by atoms with van der Waals surface area (Å²) >= 11 is 4.23. The molecule has 6 heavy (non-hydrogen) atoms. The molecule has 0 saturated heterocycles. The van der Waals surface area contributed by atoms with Gasteiger partial charge in [0, 0.05) is 0 Å².